The summed E-state index contributed by atoms with van der Waals surface area (Å²) in [6.07, 6.45) is 5.59. The van der Waals surface area contributed by atoms with Gasteiger partial charge in [0.05, 0.1) is 11.8 Å². The number of likely N-dealkylation sites (tertiary alicyclic amines) is 1. The molecule has 0 bridgehead atoms. The maximum absolute atomic E-state index is 13.8. The highest BCUT2D eigenvalue weighted by Gasteiger charge is 2.28. The first-order chi connectivity index (χ1) is 10.5. The van der Waals surface area contributed by atoms with Crippen molar-refractivity contribution in [1.82, 2.24) is 14.7 Å². The van der Waals surface area contributed by atoms with Gasteiger partial charge in [-0.1, -0.05) is 0 Å². The van der Waals surface area contributed by atoms with E-state index < -0.39 is 5.82 Å². The Hall–Kier alpha value is -2.37. The summed E-state index contributed by atoms with van der Waals surface area (Å²) in [6, 6.07) is 3.64. The van der Waals surface area contributed by atoms with Gasteiger partial charge in [0.15, 0.2) is 0 Å². The predicted molar refractivity (Wildman–Crippen MR) is 79.0 cm³/mol. The third kappa shape index (κ3) is 2.95. The zero-order valence-electron chi connectivity index (χ0n) is 12.4. The van der Waals surface area contributed by atoms with Gasteiger partial charge in [-0.15, -0.1) is 0 Å². The quantitative estimate of drug-likeness (QED) is 0.943. The topological polar surface area (TPSA) is 58.4 Å². The Morgan fingerprint density at radius 2 is 2.32 bits per heavy atom. The van der Waals surface area contributed by atoms with Crippen LogP contribution in [0.25, 0.3) is 0 Å². The first kappa shape index (κ1) is 14.6. The lowest BCUT2D eigenvalue weighted by atomic mass is 10.0. The largest absolute Gasteiger partial charge is 0.508 e. The minimum absolute atomic E-state index is 0.0137. The lowest BCUT2D eigenvalue weighted by Crippen LogP contribution is -2.29. The Morgan fingerprint density at radius 1 is 1.50 bits per heavy atom. The normalized spacial score (nSPS) is 17.9. The SMILES string of the molecule is Cn1cc(C[C@@H]2CCN(C(=O)c3ccc(O)cc3F)C2)cn1. The molecular weight excluding hydrogens is 285 g/mol. The van der Waals surface area contributed by atoms with E-state index in [1.807, 2.05) is 19.4 Å². The summed E-state index contributed by atoms with van der Waals surface area (Å²) in [5, 5.41) is 13.4. The molecule has 1 aliphatic rings. The van der Waals surface area contributed by atoms with E-state index in [1.165, 1.54) is 12.1 Å². The van der Waals surface area contributed by atoms with Crippen molar-refractivity contribution in [2.45, 2.75) is 12.8 Å². The number of aromatic hydroxyl groups is 1. The molecular formula is C16H18FN3O2. The Kier molecular flexibility index (Phi) is 3.83. The molecule has 1 saturated heterocycles. The van der Waals surface area contributed by atoms with Gasteiger partial charge in [0, 0.05) is 32.4 Å². The second-order valence-corrected chi connectivity index (χ2v) is 5.80. The van der Waals surface area contributed by atoms with E-state index in [2.05, 4.69) is 5.10 Å². The number of hydrogen-bond acceptors (Lipinski definition) is 3. The van der Waals surface area contributed by atoms with Gasteiger partial charge in [0.1, 0.15) is 11.6 Å². The summed E-state index contributed by atoms with van der Waals surface area (Å²) in [5.41, 5.74) is 1.16. The van der Waals surface area contributed by atoms with Crippen LogP contribution in [0.1, 0.15) is 22.3 Å². The Balaban J connectivity index is 1.65. The molecule has 2 aromatic rings. The Labute approximate surface area is 128 Å². The number of amides is 1. The van der Waals surface area contributed by atoms with Crippen LogP contribution >= 0.6 is 0 Å². The lowest BCUT2D eigenvalue weighted by Gasteiger charge is -2.17. The van der Waals surface area contributed by atoms with E-state index in [-0.39, 0.29) is 17.2 Å². The van der Waals surface area contributed by atoms with Crippen molar-refractivity contribution >= 4 is 5.91 Å². The predicted octanol–water partition coefficient (Wildman–Crippen LogP) is 1.97. The highest BCUT2D eigenvalue weighted by molar-refractivity contribution is 5.94. The zero-order chi connectivity index (χ0) is 15.7. The van der Waals surface area contributed by atoms with Crippen LogP contribution in [0, 0.1) is 11.7 Å². The number of aromatic nitrogens is 2. The first-order valence-electron chi connectivity index (χ1n) is 7.28. The summed E-state index contributed by atoms with van der Waals surface area (Å²) in [6.45, 7) is 1.25. The summed E-state index contributed by atoms with van der Waals surface area (Å²) < 4.78 is 15.5. The molecule has 3 rings (SSSR count). The van der Waals surface area contributed by atoms with E-state index >= 15 is 0 Å². The molecule has 1 amide bonds. The molecule has 2 heterocycles. The van der Waals surface area contributed by atoms with Crippen LogP contribution in [0.15, 0.2) is 30.6 Å². The number of rotatable bonds is 3. The molecule has 1 aromatic heterocycles. The molecule has 0 saturated carbocycles. The number of carbonyl (C=O) groups excluding carboxylic acids is 1. The molecule has 1 N–H and O–H groups in total. The lowest BCUT2D eigenvalue weighted by molar-refractivity contribution is 0.0782. The average molecular weight is 303 g/mol. The number of phenols is 1. The molecule has 0 aliphatic carbocycles. The molecule has 6 heteroatoms. The molecule has 22 heavy (non-hydrogen) atoms. The second kappa shape index (κ2) is 5.79. The second-order valence-electron chi connectivity index (χ2n) is 5.80. The first-order valence-corrected chi connectivity index (χ1v) is 7.28. The number of benzene rings is 1. The van der Waals surface area contributed by atoms with Crippen molar-refractivity contribution in [3.05, 3.63) is 47.5 Å². The average Bonchev–Trinajstić information content (AvgIpc) is 3.08. The van der Waals surface area contributed by atoms with Gasteiger partial charge in [-0.25, -0.2) is 4.39 Å². The molecule has 0 unspecified atom stereocenters. The van der Waals surface area contributed by atoms with Crippen molar-refractivity contribution < 1.29 is 14.3 Å². The number of carbonyl (C=O) groups is 1. The van der Waals surface area contributed by atoms with Gasteiger partial charge in [0.2, 0.25) is 0 Å². The summed E-state index contributed by atoms with van der Waals surface area (Å²) in [5.74, 6) is -0.801. The summed E-state index contributed by atoms with van der Waals surface area (Å²) in [4.78, 5) is 14.0. The van der Waals surface area contributed by atoms with E-state index in [0.717, 1.165) is 24.5 Å². The molecule has 1 aromatic carbocycles. The third-order valence-corrected chi connectivity index (χ3v) is 4.04. The molecule has 1 fully saturated rings. The van der Waals surface area contributed by atoms with E-state index in [0.29, 0.717) is 19.0 Å². The van der Waals surface area contributed by atoms with Crippen molar-refractivity contribution in [2.24, 2.45) is 13.0 Å². The van der Waals surface area contributed by atoms with Crippen LogP contribution in [0.2, 0.25) is 0 Å². The van der Waals surface area contributed by atoms with E-state index in [1.54, 1.807) is 9.58 Å². The van der Waals surface area contributed by atoms with Crippen LogP contribution in [-0.2, 0) is 13.5 Å². The molecule has 116 valence electrons. The van der Waals surface area contributed by atoms with Gasteiger partial charge in [-0.2, -0.15) is 5.10 Å². The van der Waals surface area contributed by atoms with Crippen molar-refractivity contribution in [1.29, 1.82) is 0 Å². The fraction of sp³-hybridized carbons (Fsp3) is 0.375. The molecule has 1 atom stereocenters. The maximum Gasteiger partial charge on any atom is 0.256 e. The Bertz CT molecular complexity index is 698. The van der Waals surface area contributed by atoms with Crippen molar-refractivity contribution in [2.75, 3.05) is 13.1 Å². The number of hydrogen-bond donors (Lipinski definition) is 1. The number of phenolic OH excluding ortho intramolecular Hbond substituents is 1. The Morgan fingerprint density at radius 3 is 3.00 bits per heavy atom. The van der Waals surface area contributed by atoms with Gasteiger partial charge in [-0.3, -0.25) is 9.48 Å². The fourth-order valence-electron chi connectivity index (χ4n) is 2.94. The molecule has 5 nitrogen and oxygen atoms in total. The number of halogens is 1. The minimum Gasteiger partial charge on any atom is -0.508 e. The third-order valence-electron chi connectivity index (χ3n) is 4.04. The molecule has 1 aliphatic heterocycles. The highest BCUT2D eigenvalue weighted by Crippen LogP contribution is 2.24. The van der Waals surface area contributed by atoms with Crippen LogP contribution in [0.4, 0.5) is 4.39 Å². The van der Waals surface area contributed by atoms with E-state index in [9.17, 15) is 14.3 Å². The maximum atomic E-state index is 13.8. The highest BCUT2D eigenvalue weighted by atomic mass is 19.1. The summed E-state index contributed by atoms with van der Waals surface area (Å²) >= 11 is 0. The van der Waals surface area contributed by atoms with Crippen LogP contribution in [0.5, 0.6) is 5.75 Å². The smallest absolute Gasteiger partial charge is 0.256 e. The van der Waals surface area contributed by atoms with Gasteiger partial charge >= 0.3 is 0 Å². The van der Waals surface area contributed by atoms with Crippen LogP contribution in [0.3, 0.4) is 0 Å². The van der Waals surface area contributed by atoms with Crippen LogP contribution < -0.4 is 0 Å². The monoisotopic (exact) mass is 303 g/mol. The zero-order valence-corrected chi connectivity index (χ0v) is 12.4. The molecule has 0 radical (unpaired) electrons. The number of nitrogens with zero attached hydrogens (tertiary/aromatic N) is 3. The van der Waals surface area contributed by atoms with Gasteiger partial charge in [-0.05, 0) is 36.5 Å². The number of aryl methyl sites for hydroxylation is 1. The van der Waals surface area contributed by atoms with Gasteiger partial charge in [0.25, 0.3) is 5.91 Å². The fourth-order valence-corrected chi connectivity index (χ4v) is 2.94. The minimum atomic E-state index is -0.680. The molecule has 0 spiro atoms. The van der Waals surface area contributed by atoms with Crippen molar-refractivity contribution in [3.8, 4) is 5.75 Å². The summed E-state index contributed by atoms with van der Waals surface area (Å²) in [7, 11) is 1.88. The van der Waals surface area contributed by atoms with Gasteiger partial charge < -0.3 is 10.0 Å². The van der Waals surface area contributed by atoms with Crippen molar-refractivity contribution in [3.63, 3.8) is 0 Å². The van der Waals surface area contributed by atoms with E-state index in [4.69, 9.17) is 0 Å². The standard InChI is InChI=1S/C16H18FN3O2/c1-19-9-12(8-18-19)6-11-4-5-20(10-11)16(22)14-3-2-13(21)7-15(14)17/h2-3,7-9,11,21H,4-6,10H2,1H3/t11-/m0/s1. The van der Waals surface area contributed by atoms with Crippen LogP contribution in [-0.4, -0.2) is 38.8 Å².